The molecule has 0 spiro atoms. The van der Waals surface area contributed by atoms with Crippen molar-refractivity contribution in [1.82, 2.24) is 0 Å². The zero-order valence-electron chi connectivity index (χ0n) is 10.2. The standard InChI is InChI=1S/C6H6O3S.C2HCl3O2.H2O4S/c7-10(8,9)6-4-2-1-3-5-6;3-2(4,5)1(6)7;1-5(2,3)4/h1-5H,(H,7,8,9);(H,6,7);(H2,1,2,3,4). The third-order valence-electron chi connectivity index (χ3n) is 1.28. The maximum absolute atomic E-state index is 10.4. The number of aliphatic carboxylic acids is 1. The second kappa shape index (κ2) is 9.47. The summed E-state index contributed by atoms with van der Waals surface area (Å²) in [6.45, 7) is 0. The molecule has 0 aromatic heterocycles. The van der Waals surface area contributed by atoms with Crippen LogP contribution < -0.4 is 0 Å². The molecular formula is C8H9Cl3O9S2. The Morgan fingerprint density at radius 2 is 1.18 bits per heavy atom. The van der Waals surface area contributed by atoms with Crippen LogP contribution in [0.5, 0.6) is 0 Å². The monoisotopic (exact) mass is 418 g/mol. The number of halogens is 3. The van der Waals surface area contributed by atoms with E-state index in [1.807, 2.05) is 0 Å². The summed E-state index contributed by atoms with van der Waals surface area (Å²) in [6, 6.07) is 7.42. The van der Waals surface area contributed by atoms with Crippen molar-refractivity contribution < 1.29 is 40.4 Å². The highest BCUT2D eigenvalue weighted by atomic mass is 35.6. The molecule has 0 aliphatic rings. The van der Waals surface area contributed by atoms with Crippen molar-refractivity contribution in [1.29, 1.82) is 0 Å². The summed E-state index contributed by atoms with van der Waals surface area (Å²) >= 11 is 14.4. The van der Waals surface area contributed by atoms with E-state index in [0.717, 1.165) is 0 Å². The molecule has 1 aromatic rings. The Morgan fingerprint density at radius 1 is 0.909 bits per heavy atom. The van der Waals surface area contributed by atoms with Gasteiger partial charge in [-0.2, -0.15) is 16.8 Å². The Bertz CT molecular complexity index is 657. The van der Waals surface area contributed by atoms with Crippen LogP contribution in [0, 0.1) is 0 Å². The lowest BCUT2D eigenvalue weighted by Gasteiger charge is -1.99. The second-order valence-corrected chi connectivity index (χ2v) is 7.64. The van der Waals surface area contributed by atoms with Gasteiger partial charge in [0.05, 0.1) is 4.90 Å². The number of hydrogen-bond acceptors (Lipinski definition) is 5. The third kappa shape index (κ3) is 17.4. The van der Waals surface area contributed by atoms with Crippen LogP contribution in [0.3, 0.4) is 0 Å². The average Bonchev–Trinajstić information content (AvgIpc) is 2.26. The van der Waals surface area contributed by atoms with Crippen LogP contribution in [0.4, 0.5) is 0 Å². The first-order valence-corrected chi connectivity index (χ1v) is 8.54. The van der Waals surface area contributed by atoms with Crippen molar-refractivity contribution in [2.45, 2.75) is 8.69 Å². The first-order valence-electron chi connectivity index (χ1n) is 4.57. The minimum Gasteiger partial charge on any atom is -0.478 e. The molecule has 0 aliphatic heterocycles. The van der Waals surface area contributed by atoms with Gasteiger partial charge in [-0.25, -0.2) is 4.79 Å². The quantitative estimate of drug-likeness (QED) is 0.391. The van der Waals surface area contributed by atoms with Crippen molar-refractivity contribution in [3.63, 3.8) is 0 Å². The molecule has 14 heteroatoms. The number of hydrogen-bond donors (Lipinski definition) is 4. The number of carboxylic acid groups (broad SMARTS) is 1. The van der Waals surface area contributed by atoms with Crippen molar-refractivity contribution in [2.75, 3.05) is 0 Å². The Hall–Kier alpha value is -0.660. The molecule has 0 fully saturated rings. The predicted molar refractivity (Wildman–Crippen MR) is 78.4 cm³/mol. The highest BCUT2D eigenvalue weighted by Gasteiger charge is 2.29. The van der Waals surface area contributed by atoms with E-state index in [2.05, 4.69) is 0 Å². The lowest BCUT2D eigenvalue weighted by Crippen LogP contribution is -2.16. The first-order chi connectivity index (χ1) is 9.55. The van der Waals surface area contributed by atoms with Crippen LogP contribution >= 0.6 is 34.8 Å². The van der Waals surface area contributed by atoms with Gasteiger partial charge in [-0.1, -0.05) is 53.0 Å². The molecule has 4 N–H and O–H groups in total. The third-order valence-corrected chi connectivity index (χ3v) is 2.64. The summed E-state index contributed by atoms with van der Waals surface area (Å²) < 4.78 is 58.7. The summed E-state index contributed by atoms with van der Waals surface area (Å²) in [7, 11) is -8.67. The van der Waals surface area contributed by atoms with Gasteiger partial charge in [0.25, 0.3) is 13.9 Å². The molecule has 0 unspecified atom stereocenters. The summed E-state index contributed by atoms with van der Waals surface area (Å²) in [5, 5.41) is 7.85. The van der Waals surface area contributed by atoms with E-state index in [4.69, 9.17) is 62.0 Å². The Labute approximate surface area is 140 Å². The highest BCUT2D eigenvalue weighted by Crippen LogP contribution is 2.25. The Kier molecular flexibility index (Phi) is 10.2. The fourth-order valence-electron chi connectivity index (χ4n) is 0.592. The molecule has 0 saturated heterocycles. The molecule has 0 radical (unpaired) electrons. The average molecular weight is 420 g/mol. The van der Waals surface area contributed by atoms with Crippen LogP contribution in [0.15, 0.2) is 35.2 Å². The van der Waals surface area contributed by atoms with Gasteiger partial charge in [0, 0.05) is 0 Å². The van der Waals surface area contributed by atoms with Gasteiger partial charge in [0.2, 0.25) is 0 Å². The number of carboxylic acids is 1. The zero-order valence-corrected chi connectivity index (χ0v) is 14.1. The highest BCUT2D eigenvalue weighted by molar-refractivity contribution is 7.85. The molecule has 0 saturated carbocycles. The summed E-state index contributed by atoms with van der Waals surface area (Å²) in [5.74, 6) is -1.46. The summed E-state index contributed by atoms with van der Waals surface area (Å²) in [5.41, 5.74) is 0. The van der Waals surface area contributed by atoms with E-state index in [0.29, 0.717) is 0 Å². The number of rotatable bonds is 1. The SMILES string of the molecule is O=C(O)C(Cl)(Cl)Cl.O=S(=O)(O)O.O=S(=O)(O)c1ccccc1. The van der Waals surface area contributed by atoms with Gasteiger partial charge >= 0.3 is 16.4 Å². The number of carbonyl (C=O) groups is 1. The summed E-state index contributed by atoms with van der Waals surface area (Å²) in [4.78, 5) is 9.55. The van der Waals surface area contributed by atoms with Crippen molar-refractivity contribution in [3.8, 4) is 0 Å². The Balaban J connectivity index is 0. The van der Waals surface area contributed by atoms with E-state index in [1.54, 1.807) is 18.2 Å². The fourth-order valence-corrected chi connectivity index (χ4v) is 1.09. The molecule has 22 heavy (non-hydrogen) atoms. The van der Waals surface area contributed by atoms with Crippen LogP contribution in [0.2, 0.25) is 0 Å². The molecular weight excluding hydrogens is 411 g/mol. The van der Waals surface area contributed by atoms with E-state index in [-0.39, 0.29) is 4.90 Å². The fraction of sp³-hybridized carbons (Fsp3) is 0.125. The lowest BCUT2D eigenvalue weighted by atomic mass is 10.4. The van der Waals surface area contributed by atoms with Gasteiger partial charge in [-0.05, 0) is 12.1 Å². The zero-order chi connectivity index (χ0) is 18.2. The minimum atomic E-state index is -4.67. The van der Waals surface area contributed by atoms with E-state index >= 15 is 0 Å². The van der Waals surface area contributed by atoms with E-state index in [1.165, 1.54) is 12.1 Å². The van der Waals surface area contributed by atoms with Gasteiger partial charge in [0.15, 0.2) is 0 Å². The minimum absolute atomic E-state index is 0.0741. The van der Waals surface area contributed by atoms with Crippen LogP contribution in [0.1, 0.15) is 0 Å². The molecule has 9 nitrogen and oxygen atoms in total. The van der Waals surface area contributed by atoms with Gasteiger partial charge < -0.3 is 5.11 Å². The molecule has 128 valence electrons. The predicted octanol–water partition coefficient (Wildman–Crippen LogP) is 1.72. The van der Waals surface area contributed by atoms with Gasteiger partial charge in [-0.15, -0.1) is 0 Å². The molecule has 0 atom stereocenters. The van der Waals surface area contributed by atoms with Crippen molar-refractivity contribution in [2.24, 2.45) is 0 Å². The summed E-state index contributed by atoms with van der Waals surface area (Å²) in [6.07, 6.45) is 0. The van der Waals surface area contributed by atoms with Gasteiger partial charge in [0.1, 0.15) is 0 Å². The molecule has 0 heterocycles. The molecule has 1 aromatic carbocycles. The van der Waals surface area contributed by atoms with Crippen molar-refractivity contribution in [3.05, 3.63) is 30.3 Å². The largest absolute Gasteiger partial charge is 0.478 e. The number of alkyl halides is 3. The molecule has 0 bridgehead atoms. The smallest absolute Gasteiger partial charge is 0.394 e. The van der Waals surface area contributed by atoms with Crippen molar-refractivity contribution >= 4 is 61.3 Å². The van der Waals surface area contributed by atoms with Crippen LogP contribution in [-0.4, -0.2) is 45.4 Å². The van der Waals surface area contributed by atoms with Crippen LogP contribution in [-0.2, 0) is 25.3 Å². The second-order valence-electron chi connectivity index (χ2n) is 3.04. The maximum atomic E-state index is 10.4. The van der Waals surface area contributed by atoms with E-state index in [9.17, 15) is 13.2 Å². The normalized spacial score (nSPS) is 11.4. The molecule has 1 rings (SSSR count). The number of benzene rings is 1. The molecule has 0 aliphatic carbocycles. The first kappa shape index (κ1) is 23.6. The Morgan fingerprint density at radius 3 is 1.32 bits per heavy atom. The van der Waals surface area contributed by atoms with Gasteiger partial charge in [-0.3, -0.25) is 13.7 Å². The lowest BCUT2D eigenvalue weighted by molar-refractivity contribution is -0.135. The maximum Gasteiger partial charge on any atom is 0.394 e. The topological polar surface area (TPSA) is 166 Å². The van der Waals surface area contributed by atoms with E-state index < -0.39 is 30.3 Å². The van der Waals surface area contributed by atoms with Crippen LogP contribution in [0.25, 0.3) is 0 Å². The molecule has 0 amide bonds.